The Hall–Kier alpha value is -2.71. The van der Waals surface area contributed by atoms with Gasteiger partial charge in [0.1, 0.15) is 10.5 Å². The fraction of sp³-hybridized carbons (Fsp3) is 0.263. The lowest BCUT2D eigenvalue weighted by atomic mass is 10.2. The summed E-state index contributed by atoms with van der Waals surface area (Å²) in [4.78, 5) is 24.6. The molecule has 7 nitrogen and oxygen atoms in total. The van der Waals surface area contributed by atoms with Crippen LogP contribution in [0.4, 0.5) is 5.69 Å². The zero-order valence-electron chi connectivity index (χ0n) is 15.4. The van der Waals surface area contributed by atoms with E-state index in [2.05, 4.69) is 15.5 Å². The number of thiophene rings is 1. The number of fused-ring (bicyclic) bond motifs is 3. The van der Waals surface area contributed by atoms with Gasteiger partial charge in [0.05, 0.1) is 5.52 Å². The molecule has 3 heterocycles. The van der Waals surface area contributed by atoms with E-state index in [0.717, 1.165) is 16.9 Å². The molecular formula is C19H18ClN5O2S. The molecule has 0 fully saturated rings. The van der Waals surface area contributed by atoms with Crippen LogP contribution in [0.1, 0.15) is 24.2 Å². The van der Waals surface area contributed by atoms with Gasteiger partial charge < -0.3 is 5.32 Å². The van der Waals surface area contributed by atoms with Crippen LogP contribution in [-0.2, 0) is 18.3 Å². The zero-order valence-corrected chi connectivity index (χ0v) is 17.0. The van der Waals surface area contributed by atoms with Crippen molar-refractivity contribution in [3.05, 3.63) is 56.4 Å². The smallest absolute Gasteiger partial charge is 0.272 e. The molecule has 1 N–H and O–H groups in total. The second-order valence-corrected chi connectivity index (χ2v) is 7.94. The third-order valence-electron chi connectivity index (χ3n) is 4.66. The summed E-state index contributed by atoms with van der Waals surface area (Å²) in [6.45, 7) is 1.91. The molecule has 9 heteroatoms. The Morgan fingerprint density at radius 2 is 2.11 bits per heavy atom. The fourth-order valence-corrected chi connectivity index (χ4v) is 4.15. The Morgan fingerprint density at radius 1 is 1.29 bits per heavy atom. The zero-order chi connectivity index (χ0) is 19.8. The van der Waals surface area contributed by atoms with E-state index >= 15 is 0 Å². The van der Waals surface area contributed by atoms with E-state index in [4.69, 9.17) is 11.6 Å². The molecule has 28 heavy (non-hydrogen) atoms. The van der Waals surface area contributed by atoms with Crippen LogP contribution in [0, 0.1) is 6.92 Å². The average molecular weight is 416 g/mol. The fourth-order valence-electron chi connectivity index (χ4n) is 3.12. The summed E-state index contributed by atoms with van der Waals surface area (Å²) < 4.78 is 4.07. The van der Waals surface area contributed by atoms with E-state index in [0.29, 0.717) is 40.5 Å². The first-order valence-electron chi connectivity index (χ1n) is 8.82. The molecule has 3 aromatic heterocycles. The number of aryl methyl sites for hydroxylation is 3. The van der Waals surface area contributed by atoms with Gasteiger partial charge in [-0.25, -0.2) is 0 Å². The molecular weight excluding hydrogens is 398 g/mol. The average Bonchev–Trinajstić information content (AvgIpc) is 3.30. The maximum absolute atomic E-state index is 12.4. The molecule has 144 valence electrons. The predicted octanol–water partition coefficient (Wildman–Crippen LogP) is 3.57. The standard InChI is InChI=1S/C19H18ClN5O2S/c1-11-6-7-12(10-13(11)20)21-16(26)5-3-4-15-22-23-19-24(2)18(27)17-14(25(15)19)8-9-28-17/h6-10H,3-5H2,1-2H3,(H,21,26). The van der Waals surface area contributed by atoms with Crippen LogP contribution in [-0.4, -0.2) is 25.1 Å². The number of hydrogen-bond donors (Lipinski definition) is 1. The number of halogens is 1. The summed E-state index contributed by atoms with van der Waals surface area (Å²) in [5, 5.41) is 13.8. The second-order valence-electron chi connectivity index (χ2n) is 6.62. The predicted molar refractivity (Wildman–Crippen MR) is 111 cm³/mol. The highest BCUT2D eigenvalue weighted by molar-refractivity contribution is 7.17. The van der Waals surface area contributed by atoms with Crippen LogP contribution in [0.15, 0.2) is 34.4 Å². The van der Waals surface area contributed by atoms with Crippen LogP contribution < -0.4 is 10.9 Å². The number of nitrogens with one attached hydrogen (secondary N) is 1. The van der Waals surface area contributed by atoms with Gasteiger partial charge in [0, 0.05) is 30.6 Å². The lowest BCUT2D eigenvalue weighted by Gasteiger charge is -2.07. The number of benzene rings is 1. The molecule has 1 aromatic carbocycles. The molecule has 0 atom stereocenters. The Bertz CT molecular complexity index is 1260. The molecule has 0 aliphatic heterocycles. The van der Waals surface area contributed by atoms with Gasteiger partial charge in [-0.1, -0.05) is 17.7 Å². The number of hydrogen-bond acceptors (Lipinski definition) is 5. The van der Waals surface area contributed by atoms with E-state index < -0.39 is 0 Å². The number of carbonyl (C=O) groups excluding carboxylic acids is 1. The van der Waals surface area contributed by atoms with Crippen LogP contribution in [0.25, 0.3) is 16.0 Å². The Labute approximate surface area is 169 Å². The highest BCUT2D eigenvalue weighted by Crippen LogP contribution is 2.21. The second kappa shape index (κ2) is 7.37. The van der Waals surface area contributed by atoms with Crippen molar-refractivity contribution in [1.29, 1.82) is 0 Å². The van der Waals surface area contributed by atoms with Gasteiger partial charge in [-0.3, -0.25) is 18.6 Å². The normalized spacial score (nSPS) is 11.4. The lowest BCUT2D eigenvalue weighted by molar-refractivity contribution is -0.116. The molecule has 0 unspecified atom stereocenters. The van der Waals surface area contributed by atoms with Crippen molar-refractivity contribution in [2.75, 3.05) is 5.32 Å². The molecule has 0 bridgehead atoms. The Kier molecular flexibility index (Phi) is 4.91. The number of amides is 1. The Morgan fingerprint density at radius 3 is 2.89 bits per heavy atom. The summed E-state index contributed by atoms with van der Waals surface area (Å²) in [7, 11) is 1.69. The first-order chi connectivity index (χ1) is 13.5. The summed E-state index contributed by atoms with van der Waals surface area (Å²) in [6.07, 6.45) is 1.53. The molecule has 0 aliphatic carbocycles. The number of anilines is 1. The van der Waals surface area contributed by atoms with E-state index in [1.165, 1.54) is 15.9 Å². The molecule has 0 spiro atoms. The van der Waals surface area contributed by atoms with Crippen LogP contribution in [0.3, 0.4) is 0 Å². The van der Waals surface area contributed by atoms with Gasteiger partial charge in [-0.2, -0.15) is 0 Å². The summed E-state index contributed by atoms with van der Waals surface area (Å²) >= 11 is 7.50. The molecule has 4 rings (SSSR count). The molecule has 0 saturated heterocycles. The highest BCUT2D eigenvalue weighted by Gasteiger charge is 2.15. The first-order valence-corrected chi connectivity index (χ1v) is 10.1. The number of rotatable bonds is 5. The van der Waals surface area contributed by atoms with Crippen LogP contribution in [0.2, 0.25) is 5.02 Å². The molecule has 0 radical (unpaired) electrons. The molecule has 0 aliphatic rings. The molecule has 0 saturated carbocycles. The first kappa shape index (κ1) is 18.6. The third-order valence-corrected chi connectivity index (χ3v) is 5.96. The van der Waals surface area contributed by atoms with Crippen molar-refractivity contribution in [2.24, 2.45) is 7.05 Å². The van der Waals surface area contributed by atoms with E-state index in [9.17, 15) is 9.59 Å². The van der Waals surface area contributed by atoms with Gasteiger partial charge in [0.15, 0.2) is 0 Å². The van der Waals surface area contributed by atoms with Crippen molar-refractivity contribution in [1.82, 2.24) is 19.2 Å². The monoisotopic (exact) mass is 415 g/mol. The van der Waals surface area contributed by atoms with Crippen molar-refractivity contribution in [3.63, 3.8) is 0 Å². The largest absolute Gasteiger partial charge is 0.326 e. The molecule has 4 aromatic rings. The number of nitrogens with zero attached hydrogens (tertiary/aromatic N) is 4. The highest BCUT2D eigenvalue weighted by atomic mass is 35.5. The summed E-state index contributed by atoms with van der Waals surface area (Å²) in [6, 6.07) is 7.35. The van der Waals surface area contributed by atoms with Crippen molar-refractivity contribution in [3.8, 4) is 0 Å². The minimum Gasteiger partial charge on any atom is -0.326 e. The Balaban J connectivity index is 1.48. The van der Waals surface area contributed by atoms with E-state index in [-0.39, 0.29) is 11.5 Å². The van der Waals surface area contributed by atoms with Gasteiger partial charge in [-0.15, -0.1) is 21.5 Å². The summed E-state index contributed by atoms with van der Waals surface area (Å²) in [5.41, 5.74) is 2.38. The third kappa shape index (κ3) is 3.29. The van der Waals surface area contributed by atoms with Crippen molar-refractivity contribution >= 4 is 50.5 Å². The van der Waals surface area contributed by atoms with Crippen LogP contribution >= 0.6 is 22.9 Å². The molecule has 1 amide bonds. The number of aromatic nitrogens is 4. The maximum Gasteiger partial charge on any atom is 0.272 e. The van der Waals surface area contributed by atoms with E-state index in [1.54, 1.807) is 13.1 Å². The van der Waals surface area contributed by atoms with Gasteiger partial charge in [0.2, 0.25) is 11.7 Å². The van der Waals surface area contributed by atoms with Crippen molar-refractivity contribution in [2.45, 2.75) is 26.2 Å². The van der Waals surface area contributed by atoms with Gasteiger partial charge >= 0.3 is 0 Å². The SMILES string of the molecule is Cc1ccc(NC(=O)CCCc2nnc3n(C)c(=O)c4sccc4n23)cc1Cl. The quantitative estimate of drug-likeness (QED) is 0.540. The van der Waals surface area contributed by atoms with Gasteiger partial charge in [-0.05, 0) is 42.5 Å². The van der Waals surface area contributed by atoms with Gasteiger partial charge in [0.25, 0.3) is 5.56 Å². The topological polar surface area (TPSA) is 81.3 Å². The number of carbonyl (C=O) groups is 1. The van der Waals surface area contributed by atoms with Crippen LogP contribution in [0.5, 0.6) is 0 Å². The minimum atomic E-state index is -0.0816. The minimum absolute atomic E-state index is 0.0763. The maximum atomic E-state index is 12.4. The van der Waals surface area contributed by atoms with Crippen molar-refractivity contribution < 1.29 is 4.79 Å². The lowest BCUT2D eigenvalue weighted by Crippen LogP contribution is -2.19. The summed E-state index contributed by atoms with van der Waals surface area (Å²) in [5.74, 6) is 1.16. The van der Waals surface area contributed by atoms with E-state index in [1.807, 2.05) is 34.9 Å².